The minimum atomic E-state index is -0.0255. The normalized spacial score (nSPS) is 15.8. The summed E-state index contributed by atoms with van der Waals surface area (Å²) < 4.78 is 5.96. The van der Waals surface area contributed by atoms with E-state index in [9.17, 15) is 4.79 Å². The number of guanidine groups is 1. The third kappa shape index (κ3) is 8.97. The lowest BCUT2D eigenvalue weighted by atomic mass is 10.1. The third-order valence-electron chi connectivity index (χ3n) is 5.52. The highest BCUT2D eigenvalue weighted by atomic mass is 127. The average molecular weight is 565 g/mol. The van der Waals surface area contributed by atoms with Crippen molar-refractivity contribution in [1.82, 2.24) is 15.5 Å². The molecule has 0 aromatic heterocycles. The van der Waals surface area contributed by atoms with Gasteiger partial charge in [-0.25, -0.2) is 4.99 Å². The molecule has 2 aromatic carbocycles. The highest BCUT2D eigenvalue weighted by Gasteiger charge is 2.25. The van der Waals surface area contributed by atoms with Crippen molar-refractivity contribution in [3.63, 3.8) is 0 Å². The number of benzene rings is 2. The first-order chi connectivity index (χ1) is 15.7. The number of hydrogen-bond donors (Lipinski definition) is 2. The monoisotopic (exact) mass is 564 g/mol. The molecule has 7 heteroatoms. The molecule has 0 aliphatic carbocycles. The maximum atomic E-state index is 12.2. The van der Waals surface area contributed by atoms with Crippen molar-refractivity contribution in [2.24, 2.45) is 10.9 Å². The van der Waals surface area contributed by atoms with Crippen molar-refractivity contribution in [1.29, 1.82) is 0 Å². The summed E-state index contributed by atoms with van der Waals surface area (Å²) in [7, 11) is 0. The Bertz CT molecular complexity index is 876. The summed E-state index contributed by atoms with van der Waals surface area (Å²) >= 11 is 0. The van der Waals surface area contributed by atoms with Gasteiger partial charge in [-0.05, 0) is 43.0 Å². The average Bonchev–Trinajstić information content (AvgIpc) is 3.30. The van der Waals surface area contributed by atoms with Crippen molar-refractivity contribution in [2.45, 2.75) is 39.8 Å². The Morgan fingerprint density at radius 1 is 1.09 bits per heavy atom. The molecule has 2 aromatic rings. The largest absolute Gasteiger partial charge is 0.376 e. The number of aliphatic imine (C=N–C) groups is 1. The van der Waals surface area contributed by atoms with Crippen LogP contribution in [0.3, 0.4) is 0 Å². The van der Waals surface area contributed by atoms with Crippen molar-refractivity contribution >= 4 is 35.8 Å². The van der Waals surface area contributed by atoms with E-state index in [4.69, 9.17) is 9.73 Å². The highest BCUT2D eigenvalue weighted by Crippen LogP contribution is 2.18. The predicted molar refractivity (Wildman–Crippen MR) is 145 cm³/mol. The lowest BCUT2D eigenvalue weighted by Crippen LogP contribution is -2.40. The van der Waals surface area contributed by atoms with E-state index in [2.05, 4.69) is 34.6 Å². The van der Waals surface area contributed by atoms with Gasteiger partial charge in [-0.2, -0.15) is 0 Å². The molecular formula is C26H37IN4O2. The molecule has 180 valence electrons. The second-order valence-electron chi connectivity index (χ2n) is 8.23. The zero-order chi connectivity index (χ0) is 22.6. The molecule has 0 saturated carbocycles. The van der Waals surface area contributed by atoms with Crippen LogP contribution in [0.5, 0.6) is 0 Å². The number of ether oxygens (including phenoxy) is 1. The van der Waals surface area contributed by atoms with E-state index in [1.54, 1.807) is 0 Å². The van der Waals surface area contributed by atoms with Crippen molar-refractivity contribution in [3.05, 3.63) is 71.3 Å². The molecule has 1 amide bonds. The van der Waals surface area contributed by atoms with E-state index in [0.717, 1.165) is 50.6 Å². The number of carbonyl (C=O) groups is 1. The summed E-state index contributed by atoms with van der Waals surface area (Å²) in [4.78, 5) is 19.4. The first-order valence-corrected chi connectivity index (χ1v) is 11.7. The fraction of sp³-hybridized carbons (Fsp3) is 0.462. The fourth-order valence-electron chi connectivity index (χ4n) is 3.82. The zero-order valence-electron chi connectivity index (χ0n) is 19.8. The van der Waals surface area contributed by atoms with Gasteiger partial charge in [0.05, 0.1) is 19.8 Å². The molecule has 6 nitrogen and oxygen atoms in total. The predicted octanol–water partition coefficient (Wildman–Crippen LogP) is 4.45. The quantitative estimate of drug-likeness (QED) is 0.254. The lowest BCUT2D eigenvalue weighted by molar-refractivity contribution is 0.0906. The van der Waals surface area contributed by atoms with Crippen LogP contribution in [-0.2, 0) is 17.9 Å². The van der Waals surface area contributed by atoms with Gasteiger partial charge in [0.2, 0.25) is 0 Å². The van der Waals surface area contributed by atoms with Crippen molar-refractivity contribution in [2.75, 3.05) is 32.8 Å². The van der Waals surface area contributed by atoms with Crippen LogP contribution in [0.1, 0.15) is 48.2 Å². The van der Waals surface area contributed by atoms with E-state index >= 15 is 0 Å². The number of halogens is 1. The summed E-state index contributed by atoms with van der Waals surface area (Å²) in [6.45, 7) is 9.54. The first-order valence-electron chi connectivity index (χ1n) is 11.7. The maximum Gasteiger partial charge on any atom is 0.251 e. The summed E-state index contributed by atoms with van der Waals surface area (Å²) in [6.07, 6.45) is 2.03. The number of likely N-dealkylation sites (tertiary alicyclic amines) is 1. The SMILES string of the molecule is CCCNC(=O)c1cccc(CN=C(NCC)N2CCC(COCc3ccccc3)C2)c1.I. The Labute approximate surface area is 215 Å². The first kappa shape index (κ1) is 27.1. The van der Waals surface area contributed by atoms with Gasteiger partial charge in [0.1, 0.15) is 0 Å². The molecule has 0 bridgehead atoms. The van der Waals surface area contributed by atoms with E-state index in [1.807, 2.05) is 49.4 Å². The molecule has 33 heavy (non-hydrogen) atoms. The molecular weight excluding hydrogens is 527 g/mol. The van der Waals surface area contributed by atoms with Gasteiger partial charge in [0.15, 0.2) is 5.96 Å². The van der Waals surface area contributed by atoms with Gasteiger partial charge in [-0.3, -0.25) is 4.79 Å². The van der Waals surface area contributed by atoms with Crippen LogP contribution in [0.4, 0.5) is 0 Å². The Kier molecular flexibility index (Phi) is 12.2. The molecule has 1 heterocycles. The van der Waals surface area contributed by atoms with E-state index in [-0.39, 0.29) is 29.9 Å². The van der Waals surface area contributed by atoms with Crippen LogP contribution >= 0.6 is 24.0 Å². The number of rotatable bonds is 10. The molecule has 2 N–H and O–H groups in total. The third-order valence-corrected chi connectivity index (χ3v) is 5.52. The Hall–Kier alpha value is -2.13. The van der Waals surface area contributed by atoms with Gasteiger partial charge in [-0.15, -0.1) is 24.0 Å². The minimum absolute atomic E-state index is 0. The van der Waals surface area contributed by atoms with E-state index in [0.29, 0.717) is 31.2 Å². The molecule has 1 unspecified atom stereocenters. The Morgan fingerprint density at radius 2 is 1.88 bits per heavy atom. The number of hydrogen-bond acceptors (Lipinski definition) is 3. The van der Waals surface area contributed by atoms with Gasteiger partial charge in [0.25, 0.3) is 5.91 Å². The number of carbonyl (C=O) groups excluding carboxylic acids is 1. The smallest absolute Gasteiger partial charge is 0.251 e. The highest BCUT2D eigenvalue weighted by molar-refractivity contribution is 14.0. The molecule has 1 atom stereocenters. The number of nitrogens with one attached hydrogen (secondary N) is 2. The molecule has 1 fully saturated rings. The topological polar surface area (TPSA) is 66.0 Å². The molecule has 1 saturated heterocycles. The zero-order valence-corrected chi connectivity index (χ0v) is 22.1. The molecule has 3 rings (SSSR count). The fourth-order valence-corrected chi connectivity index (χ4v) is 3.82. The van der Waals surface area contributed by atoms with Crippen molar-refractivity contribution < 1.29 is 9.53 Å². The van der Waals surface area contributed by atoms with Gasteiger partial charge < -0.3 is 20.3 Å². The Morgan fingerprint density at radius 3 is 2.64 bits per heavy atom. The van der Waals surface area contributed by atoms with Crippen LogP contribution in [0, 0.1) is 5.92 Å². The van der Waals surface area contributed by atoms with E-state index < -0.39 is 0 Å². The standard InChI is InChI=1S/C26H36N4O2.HI/c1-3-14-28-25(31)24-12-8-11-22(16-24)17-29-26(27-4-2)30-15-13-23(18-30)20-32-19-21-9-6-5-7-10-21;/h5-12,16,23H,3-4,13-15,17-20H2,1-2H3,(H,27,29)(H,28,31);1H. The van der Waals surface area contributed by atoms with E-state index in [1.165, 1.54) is 5.56 Å². The minimum Gasteiger partial charge on any atom is -0.376 e. The Balaban J connectivity index is 0.00000385. The maximum absolute atomic E-state index is 12.2. The summed E-state index contributed by atoms with van der Waals surface area (Å²) in [5.41, 5.74) is 2.93. The second-order valence-corrected chi connectivity index (χ2v) is 8.23. The molecule has 0 radical (unpaired) electrons. The summed E-state index contributed by atoms with van der Waals surface area (Å²) in [5, 5.41) is 6.35. The number of amides is 1. The van der Waals surface area contributed by atoms with Crippen LogP contribution < -0.4 is 10.6 Å². The molecule has 1 aliphatic rings. The van der Waals surface area contributed by atoms with Crippen molar-refractivity contribution in [3.8, 4) is 0 Å². The van der Waals surface area contributed by atoms with Gasteiger partial charge in [-0.1, -0.05) is 49.4 Å². The summed E-state index contributed by atoms with van der Waals surface area (Å²) in [6, 6.07) is 18.0. The lowest BCUT2D eigenvalue weighted by Gasteiger charge is -2.21. The van der Waals surface area contributed by atoms with Crippen LogP contribution in [0.2, 0.25) is 0 Å². The molecule has 1 aliphatic heterocycles. The van der Waals surface area contributed by atoms with Crippen LogP contribution in [-0.4, -0.2) is 49.6 Å². The van der Waals surface area contributed by atoms with Crippen LogP contribution in [0.25, 0.3) is 0 Å². The van der Waals surface area contributed by atoms with Gasteiger partial charge >= 0.3 is 0 Å². The van der Waals surface area contributed by atoms with Gasteiger partial charge in [0, 0.05) is 37.7 Å². The summed E-state index contributed by atoms with van der Waals surface area (Å²) in [5.74, 6) is 1.41. The molecule has 0 spiro atoms. The number of nitrogens with zero attached hydrogens (tertiary/aromatic N) is 2. The van der Waals surface area contributed by atoms with Crippen LogP contribution in [0.15, 0.2) is 59.6 Å². The second kappa shape index (κ2) is 14.9.